The lowest BCUT2D eigenvalue weighted by molar-refractivity contribution is -0.147. The van der Waals surface area contributed by atoms with Gasteiger partial charge in [-0.25, -0.2) is 0 Å². The normalized spacial score (nSPS) is 19.9. The zero-order valence-corrected chi connectivity index (χ0v) is 14.3. The molecule has 2 rings (SSSR count). The average molecular weight is 348 g/mol. The lowest BCUT2D eigenvalue weighted by atomic mass is 9.78. The minimum absolute atomic E-state index is 0.255. The van der Waals surface area contributed by atoms with Gasteiger partial charge in [0.25, 0.3) is 5.91 Å². The minimum atomic E-state index is -0.925. The van der Waals surface area contributed by atoms with E-state index < -0.39 is 17.8 Å². The van der Waals surface area contributed by atoms with Gasteiger partial charge in [-0.15, -0.1) is 0 Å². The predicted octanol–water partition coefficient (Wildman–Crippen LogP) is 1.89. The summed E-state index contributed by atoms with van der Waals surface area (Å²) in [7, 11) is 1.55. The van der Waals surface area contributed by atoms with Crippen molar-refractivity contribution < 1.29 is 24.2 Å². The number of hydrogen-bond donors (Lipinski definition) is 3. The van der Waals surface area contributed by atoms with Crippen LogP contribution in [0.3, 0.4) is 0 Å². The maximum atomic E-state index is 12.5. The Morgan fingerprint density at radius 2 is 1.92 bits per heavy atom. The number of aliphatic carboxylic acids is 1. The van der Waals surface area contributed by atoms with E-state index >= 15 is 0 Å². The Morgan fingerprint density at radius 1 is 1.20 bits per heavy atom. The molecule has 0 saturated heterocycles. The van der Waals surface area contributed by atoms with E-state index in [1.165, 1.54) is 0 Å². The van der Waals surface area contributed by atoms with E-state index in [0.717, 1.165) is 12.8 Å². The Bertz CT molecular complexity index is 632. The number of anilines is 1. The molecule has 0 aliphatic heterocycles. The quantitative estimate of drug-likeness (QED) is 0.653. The largest absolute Gasteiger partial charge is 0.481 e. The fourth-order valence-corrected chi connectivity index (χ4v) is 3.08. The van der Waals surface area contributed by atoms with Gasteiger partial charge in [0.1, 0.15) is 0 Å². The molecule has 0 aromatic heterocycles. The number of amides is 2. The van der Waals surface area contributed by atoms with Gasteiger partial charge < -0.3 is 20.5 Å². The number of nitrogens with one attached hydrogen (secondary N) is 2. The van der Waals surface area contributed by atoms with Crippen LogP contribution in [-0.2, 0) is 14.3 Å². The molecule has 7 heteroatoms. The number of rotatable bonds is 7. The molecule has 0 radical (unpaired) electrons. The highest BCUT2D eigenvalue weighted by molar-refractivity contribution is 5.98. The second kappa shape index (κ2) is 9.17. The van der Waals surface area contributed by atoms with Gasteiger partial charge in [-0.2, -0.15) is 0 Å². The number of carbonyl (C=O) groups excluding carboxylic acids is 2. The van der Waals surface area contributed by atoms with Crippen LogP contribution in [0.4, 0.5) is 5.69 Å². The smallest absolute Gasteiger partial charge is 0.307 e. The topological polar surface area (TPSA) is 105 Å². The zero-order chi connectivity index (χ0) is 18.2. The first kappa shape index (κ1) is 18.9. The number of ether oxygens (including phenoxy) is 1. The summed E-state index contributed by atoms with van der Waals surface area (Å²) < 4.78 is 4.88. The van der Waals surface area contributed by atoms with Crippen LogP contribution in [0, 0.1) is 11.8 Å². The van der Waals surface area contributed by atoms with Gasteiger partial charge in [0.2, 0.25) is 5.91 Å². The van der Waals surface area contributed by atoms with Crippen LogP contribution in [-0.4, -0.2) is 43.2 Å². The summed E-state index contributed by atoms with van der Waals surface area (Å²) in [5.74, 6) is -2.66. The first-order chi connectivity index (χ1) is 12.0. The third-order valence-corrected chi connectivity index (χ3v) is 4.40. The molecule has 1 aromatic rings. The molecule has 7 nitrogen and oxygen atoms in total. The highest BCUT2D eigenvalue weighted by Crippen LogP contribution is 2.31. The Balaban J connectivity index is 2.02. The van der Waals surface area contributed by atoms with Gasteiger partial charge in [0.05, 0.1) is 18.4 Å². The van der Waals surface area contributed by atoms with Crippen molar-refractivity contribution in [1.29, 1.82) is 0 Å². The zero-order valence-electron chi connectivity index (χ0n) is 14.3. The molecule has 0 spiro atoms. The number of carboxylic acid groups (broad SMARTS) is 1. The maximum absolute atomic E-state index is 12.5. The summed E-state index contributed by atoms with van der Waals surface area (Å²) in [6, 6.07) is 6.59. The predicted molar refractivity (Wildman–Crippen MR) is 92.4 cm³/mol. The summed E-state index contributed by atoms with van der Waals surface area (Å²) in [6.07, 6.45) is 2.77. The standard InChI is InChI=1S/C18H24N2O5/c1-25-10-9-19-16(21)12-5-4-6-13(11-12)20-17(22)14-7-2-3-8-15(14)18(23)24/h4-6,11,14-15H,2-3,7-10H2,1H3,(H,19,21)(H,20,22)(H,23,24). The fourth-order valence-electron chi connectivity index (χ4n) is 3.08. The van der Waals surface area contributed by atoms with Crippen LogP contribution in [0.15, 0.2) is 24.3 Å². The van der Waals surface area contributed by atoms with E-state index in [4.69, 9.17) is 4.74 Å². The van der Waals surface area contributed by atoms with Gasteiger partial charge in [-0.05, 0) is 31.0 Å². The van der Waals surface area contributed by atoms with Gasteiger partial charge in [0.15, 0.2) is 0 Å². The molecule has 1 saturated carbocycles. The molecular formula is C18H24N2O5. The summed E-state index contributed by atoms with van der Waals surface area (Å²) in [5, 5.41) is 14.8. The highest BCUT2D eigenvalue weighted by atomic mass is 16.5. The van der Waals surface area contributed by atoms with E-state index in [-0.39, 0.29) is 11.8 Å². The third-order valence-electron chi connectivity index (χ3n) is 4.40. The van der Waals surface area contributed by atoms with Crippen LogP contribution >= 0.6 is 0 Å². The van der Waals surface area contributed by atoms with E-state index in [9.17, 15) is 19.5 Å². The first-order valence-electron chi connectivity index (χ1n) is 8.44. The van der Waals surface area contributed by atoms with E-state index in [2.05, 4.69) is 10.6 Å². The molecule has 2 atom stereocenters. The van der Waals surface area contributed by atoms with Crippen molar-refractivity contribution >= 4 is 23.5 Å². The Hall–Kier alpha value is -2.41. The number of carbonyl (C=O) groups is 3. The van der Waals surface area contributed by atoms with Crippen molar-refractivity contribution in [3.05, 3.63) is 29.8 Å². The van der Waals surface area contributed by atoms with E-state index in [1.807, 2.05) is 0 Å². The monoisotopic (exact) mass is 348 g/mol. The van der Waals surface area contributed by atoms with Crippen molar-refractivity contribution in [1.82, 2.24) is 5.32 Å². The van der Waals surface area contributed by atoms with Gasteiger partial charge in [0, 0.05) is 24.9 Å². The van der Waals surface area contributed by atoms with E-state index in [1.54, 1.807) is 31.4 Å². The van der Waals surface area contributed by atoms with Crippen molar-refractivity contribution in [2.75, 3.05) is 25.6 Å². The first-order valence-corrected chi connectivity index (χ1v) is 8.44. The molecule has 2 unspecified atom stereocenters. The molecule has 1 fully saturated rings. The summed E-state index contributed by atoms with van der Waals surface area (Å²) in [5.41, 5.74) is 0.909. The molecule has 25 heavy (non-hydrogen) atoms. The lowest BCUT2D eigenvalue weighted by Gasteiger charge is -2.27. The van der Waals surface area contributed by atoms with Crippen molar-refractivity contribution in [2.24, 2.45) is 11.8 Å². The van der Waals surface area contributed by atoms with Crippen LogP contribution < -0.4 is 10.6 Å². The lowest BCUT2D eigenvalue weighted by Crippen LogP contribution is -2.36. The number of carboxylic acids is 1. The second-order valence-electron chi connectivity index (χ2n) is 6.15. The van der Waals surface area contributed by atoms with Crippen LogP contribution in [0.5, 0.6) is 0 Å². The molecule has 136 valence electrons. The SMILES string of the molecule is COCCNC(=O)c1cccc(NC(=O)C2CCCCC2C(=O)O)c1. The molecule has 2 amide bonds. The van der Waals surface area contributed by atoms with Crippen molar-refractivity contribution in [3.8, 4) is 0 Å². The maximum Gasteiger partial charge on any atom is 0.307 e. The summed E-state index contributed by atoms with van der Waals surface area (Å²) in [4.78, 5) is 35.9. The number of methoxy groups -OCH3 is 1. The molecule has 1 aromatic carbocycles. The second-order valence-corrected chi connectivity index (χ2v) is 6.15. The average Bonchev–Trinajstić information content (AvgIpc) is 2.62. The highest BCUT2D eigenvalue weighted by Gasteiger charge is 2.35. The Morgan fingerprint density at radius 3 is 2.60 bits per heavy atom. The number of hydrogen-bond acceptors (Lipinski definition) is 4. The molecular weight excluding hydrogens is 324 g/mol. The fraction of sp³-hybridized carbons (Fsp3) is 0.500. The Labute approximate surface area is 146 Å². The molecule has 1 aliphatic carbocycles. The van der Waals surface area contributed by atoms with E-state index in [0.29, 0.717) is 37.2 Å². The third kappa shape index (κ3) is 5.29. The van der Waals surface area contributed by atoms with Gasteiger partial charge in [-0.1, -0.05) is 18.9 Å². The van der Waals surface area contributed by atoms with Crippen LogP contribution in [0.25, 0.3) is 0 Å². The molecule has 0 heterocycles. The summed E-state index contributed by atoms with van der Waals surface area (Å²) in [6.45, 7) is 0.814. The van der Waals surface area contributed by atoms with Gasteiger partial charge in [-0.3, -0.25) is 14.4 Å². The van der Waals surface area contributed by atoms with Crippen LogP contribution in [0.2, 0.25) is 0 Å². The van der Waals surface area contributed by atoms with Crippen LogP contribution in [0.1, 0.15) is 36.0 Å². The Kier molecular flexibility index (Phi) is 6.94. The molecule has 0 bridgehead atoms. The van der Waals surface area contributed by atoms with Crippen molar-refractivity contribution in [2.45, 2.75) is 25.7 Å². The minimum Gasteiger partial charge on any atom is -0.481 e. The molecule has 3 N–H and O–H groups in total. The molecule has 1 aliphatic rings. The van der Waals surface area contributed by atoms with Gasteiger partial charge >= 0.3 is 5.97 Å². The number of benzene rings is 1. The summed E-state index contributed by atoms with van der Waals surface area (Å²) >= 11 is 0. The van der Waals surface area contributed by atoms with Crippen molar-refractivity contribution in [3.63, 3.8) is 0 Å².